The Hall–Kier alpha value is -2.25. The third-order valence-electron chi connectivity index (χ3n) is 4.25. The highest BCUT2D eigenvalue weighted by molar-refractivity contribution is 5.94. The molecule has 0 aliphatic carbocycles. The summed E-state index contributed by atoms with van der Waals surface area (Å²) in [5.74, 6) is 0.608. The number of pyridine rings is 1. The summed E-state index contributed by atoms with van der Waals surface area (Å²) < 4.78 is 7.12. The van der Waals surface area contributed by atoms with Gasteiger partial charge in [0.05, 0.1) is 24.5 Å². The summed E-state index contributed by atoms with van der Waals surface area (Å²) >= 11 is 0. The van der Waals surface area contributed by atoms with Crippen LogP contribution < -0.4 is 5.32 Å². The minimum Gasteiger partial charge on any atom is -0.379 e. The fraction of sp³-hybridized carbons (Fsp3) is 0.500. The van der Waals surface area contributed by atoms with Gasteiger partial charge in [0.25, 0.3) is 5.91 Å². The lowest BCUT2D eigenvalue weighted by Gasteiger charge is -2.29. The summed E-state index contributed by atoms with van der Waals surface area (Å²) in [5.41, 5.74) is 2.51. The number of aryl methyl sites for hydroxylation is 2. The van der Waals surface area contributed by atoms with Crippen molar-refractivity contribution in [2.45, 2.75) is 26.8 Å². The second kappa shape index (κ2) is 7.76. The molecule has 7 nitrogen and oxygen atoms in total. The minimum atomic E-state index is -0.104. The Morgan fingerprint density at radius 3 is 2.68 bits per heavy atom. The topological polar surface area (TPSA) is 72.3 Å². The van der Waals surface area contributed by atoms with Crippen LogP contribution in [0, 0.1) is 13.8 Å². The Morgan fingerprint density at radius 2 is 2.08 bits per heavy atom. The van der Waals surface area contributed by atoms with Crippen LogP contribution in [0.5, 0.6) is 0 Å². The summed E-state index contributed by atoms with van der Waals surface area (Å²) in [7, 11) is 0. The number of nitrogens with one attached hydrogen (secondary N) is 1. The van der Waals surface area contributed by atoms with E-state index < -0.39 is 0 Å². The molecule has 0 unspecified atom stereocenters. The first-order valence-electron chi connectivity index (χ1n) is 8.63. The van der Waals surface area contributed by atoms with E-state index in [1.165, 1.54) is 0 Å². The number of morpholine rings is 1. The van der Waals surface area contributed by atoms with Gasteiger partial charge in [0, 0.05) is 37.6 Å². The Labute approximate surface area is 148 Å². The number of amides is 1. The number of carbonyl (C=O) groups is 1. The van der Waals surface area contributed by atoms with Crippen LogP contribution in [0.3, 0.4) is 0 Å². The summed E-state index contributed by atoms with van der Waals surface area (Å²) in [6.45, 7) is 10.1. The quantitative estimate of drug-likeness (QED) is 0.887. The van der Waals surface area contributed by atoms with Crippen molar-refractivity contribution in [3.63, 3.8) is 0 Å². The Balaban J connectivity index is 1.59. The van der Waals surface area contributed by atoms with E-state index in [4.69, 9.17) is 4.74 Å². The number of ether oxygens (including phenoxy) is 1. The molecule has 25 heavy (non-hydrogen) atoms. The van der Waals surface area contributed by atoms with Crippen LogP contribution in [0.2, 0.25) is 0 Å². The van der Waals surface area contributed by atoms with Gasteiger partial charge >= 0.3 is 0 Å². The highest BCUT2D eigenvalue weighted by Crippen LogP contribution is 2.10. The van der Waals surface area contributed by atoms with E-state index in [-0.39, 0.29) is 11.9 Å². The zero-order chi connectivity index (χ0) is 17.8. The maximum atomic E-state index is 12.4. The predicted molar refractivity (Wildman–Crippen MR) is 95.0 cm³/mol. The monoisotopic (exact) mass is 343 g/mol. The van der Waals surface area contributed by atoms with Crippen LogP contribution in [-0.2, 0) is 4.74 Å². The maximum absolute atomic E-state index is 12.4. The van der Waals surface area contributed by atoms with Gasteiger partial charge in [-0.15, -0.1) is 0 Å². The van der Waals surface area contributed by atoms with Crippen LogP contribution >= 0.6 is 0 Å². The van der Waals surface area contributed by atoms with Crippen LogP contribution in [0.15, 0.2) is 24.4 Å². The zero-order valence-corrected chi connectivity index (χ0v) is 15.0. The molecule has 3 rings (SSSR count). The molecule has 0 spiro atoms. The van der Waals surface area contributed by atoms with Gasteiger partial charge in [0.2, 0.25) is 0 Å². The Kier molecular flexibility index (Phi) is 5.45. The van der Waals surface area contributed by atoms with Crippen molar-refractivity contribution in [2.75, 3.05) is 32.8 Å². The van der Waals surface area contributed by atoms with Gasteiger partial charge < -0.3 is 10.1 Å². The molecule has 2 aromatic rings. The number of nitrogens with zero attached hydrogens (tertiary/aromatic N) is 4. The van der Waals surface area contributed by atoms with E-state index in [9.17, 15) is 4.79 Å². The number of carbonyl (C=O) groups excluding carboxylic acids is 1. The lowest BCUT2D eigenvalue weighted by atomic mass is 10.2. The predicted octanol–water partition coefficient (Wildman–Crippen LogP) is 1.33. The lowest BCUT2D eigenvalue weighted by Crippen LogP contribution is -2.46. The van der Waals surface area contributed by atoms with Gasteiger partial charge in [-0.25, -0.2) is 9.67 Å². The lowest BCUT2D eigenvalue weighted by molar-refractivity contribution is 0.0342. The van der Waals surface area contributed by atoms with E-state index in [2.05, 4.69) is 20.3 Å². The summed E-state index contributed by atoms with van der Waals surface area (Å²) in [4.78, 5) is 19.1. The van der Waals surface area contributed by atoms with Gasteiger partial charge in [-0.3, -0.25) is 9.69 Å². The first kappa shape index (κ1) is 17.6. The molecular weight excluding hydrogens is 318 g/mol. The first-order chi connectivity index (χ1) is 12.0. The third-order valence-corrected chi connectivity index (χ3v) is 4.25. The van der Waals surface area contributed by atoms with Crippen LogP contribution in [0.1, 0.15) is 28.7 Å². The number of rotatable bonds is 5. The van der Waals surface area contributed by atoms with Gasteiger partial charge in [0.15, 0.2) is 5.82 Å². The first-order valence-corrected chi connectivity index (χ1v) is 8.63. The fourth-order valence-corrected chi connectivity index (χ4v) is 3.03. The standard InChI is InChI=1S/C18H25N5O2/c1-13-10-15(3)23(21-13)17-5-4-16(11-19-17)18(24)20-14(2)12-22-6-8-25-9-7-22/h4-5,10-11,14H,6-9,12H2,1-3H3,(H,20,24)/t14-/m1/s1. The van der Waals surface area contributed by atoms with E-state index in [1.807, 2.05) is 32.9 Å². The minimum absolute atomic E-state index is 0.0706. The normalized spacial score (nSPS) is 16.6. The highest BCUT2D eigenvalue weighted by atomic mass is 16.5. The molecule has 3 heterocycles. The maximum Gasteiger partial charge on any atom is 0.253 e. The molecule has 7 heteroatoms. The molecule has 1 saturated heterocycles. The molecule has 0 aromatic carbocycles. The van der Waals surface area contributed by atoms with Crippen molar-refractivity contribution in [3.8, 4) is 5.82 Å². The van der Waals surface area contributed by atoms with Crippen molar-refractivity contribution in [1.82, 2.24) is 25.0 Å². The van der Waals surface area contributed by atoms with Crippen LogP contribution in [-0.4, -0.2) is 64.5 Å². The van der Waals surface area contributed by atoms with E-state index in [0.717, 1.165) is 44.2 Å². The molecule has 1 aliphatic heterocycles. The molecule has 0 radical (unpaired) electrons. The fourth-order valence-electron chi connectivity index (χ4n) is 3.03. The summed E-state index contributed by atoms with van der Waals surface area (Å²) in [6.07, 6.45) is 1.60. The average molecular weight is 343 g/mol. The van der Waals surface area contributed by atoms with Gasteiger partial charge in [-0.05, 0) is 39.0 Å². The van der Waals surface area contributed by atoms with E-state index in [0.29, 0.717) is 11.4 Å². The Morgan fingerprint density at radius 1 is 1.32 bits per heavy atom. The van der Waals surface area contributed by atoms with Crippen molar-refractivity contribution in [3.05, 3.63) is 41.3 Å². The third kappa shape index (κ3) is 4.43. The van der Waals surface area contributed by atoms with Crippen molar-refractivity contribution >= 4 is 5.91 Å². The highest BCUT2D eigenvalue weighted by Gasteiger charge is 2.16. The molecular formula is C18H25N5O2. The zero-order valence-electron chi connectivity index (χ0n) is 15.0. The number of hydrogen-bond acceptors (Lipinski definition) is 5. The van der Waals surface area contributed by atoms with E-state index in [1.54, 1.807) is 16.9 Å². The average Bonchev–Trinajstić information content (AvgIpc) is 2.94. The Bertz CT molecular complexity index is 720. The van der Waals surface area contributed by atoms with Crippen LogP contribution in [0.4, 0.5) is 0 Å². The SMILES string of the molecule is Cc1cc(C)n(-c2ccc(C(=O)N[C@H](C)CN3CCOCC3)cn2)n1. The summed E-state index contributed by atoms with van der Waals surface area (Å²) in [6, 6.07) is 5.67. The molecule has 1 fully saturated rings. The van der Waals surface area contributed by atoms with Crippen molar-refractivity contribution < 1.29 is 9.53 Å². The molecule has 1 aliphatic rings. The molecule has 2 aromatic heterocycles. The molecule has 1 amide bonds. The smallest absolute Gasteiger partial charge is 0.253 e. The van der Waals surface area contributed by atoms with Gasteiger partial charge in [0.1, 0.15) is 0 Å². The largest absolute Gasteiger partial charge is 0.379 e. The molecule has 1 N–H and O–H groups in total. The second-order valence-corrected chi connectivity index (χ2v) is 6.53. The number of aromatic nitrogens is 3. The molecule has 0 bridgehead atoms. The molecule has 0 saturated carbocycles. The van der Waals surface area contributed by atoms with Gasteiger partial charge in [-0.2, -0.15) is 5.10 Å². The van der Waals surface area contributed by atoms with Crippen LogP contribution in [0.25, 0.3) is 5.82 Å². The second-order valence-electron chi connectivity index (χ2n) is 6.53. The molecule has 134 valence electrons. The summed E-state index contributed by atoms with van der Waals surface area (Å²) in [5, 5.41) is 7.44. The molecule has 1 atom stereocenters. The van der Waals surface area contributed by atoms with Gasteiger partial charge in [-0.1, -0.05) is 0 Å². The van der Waals surface area contributed by atoms with Crippen molar-refractivity contribution in [2.24, 2.45) is 0 Å². The van der Waals surface area contributed by atoms with E-state index >= 15 is 0 Å². The van der Waals surface area contributed by atoms with Crippen molar-refractivity contribution in [1.29, 1.82) is 0 Å². The number of hydrogen-bond donors (Lipinski definition) is 1.